The van der Waals surface area contributed by atoms with E-state index in [9.17, 15) is 2.74 Å². The first-order chi connectivity index (χ1) is 21.7. The van der Waals surface area contributed by atoms with Crippen LogP contribution in [0.4, 0.5) is 0 Å². The van der Waals surface area contributed by atoms with E-state index in [1.165, 1.54) is 0 Å². The average Bonchev–Trinajstić information content (AvgIpc) is 3.44. The fourth-order valence-corrected chi connectivity index (χ4v) is 6.52. The number of fused-ring (bicyclic) bond motifs is 6. The van der Waals surface area contributed by atoms with Gasteiger partial charge in [0.15, 0.2) is 0 Å². The Bertz CT molecular complexity index is 2500. The van der Waals surface area contributed by atoms with Crippen LogP contribution in [0.25, 0.3) is 74.7 Å². The summed E-state index contributed by atoms with van der Waals surface area (Å²) in [6, 6.07) is 24.7. The Hall–Kier alpha value is -4.46. The maximum Gasteiger partial charge on any atom is 0.0629 e. The second-order valence-electron chi connectivity index (χ2n) is 9.12. The molecule has 0 nitrogen and oxygen atoms in total. The Morgan fingerprint density at radius 3 is 1.68 bits per heavy atom. The minimum atomic E-state index is -0.403. The molecule has 1 heteroatoms. The van der Waals surface area contributed by atoms with E-state index in [-0.39, 0.29) is 45.7 Å². The minimum absolute atomic E-state index is 0.221. The molecule has 8 aromatic rings. The van der Waals surface area contributed by atoms with Crippen molar-refractivity contribution in [2.75, 3.05) is 0 Å². The van der Waals surface area contributed by atoms with Crippen molar-refractivity contribution in [3.8, 4) is 22.3 Å². The third-order valence-corrected chi connectivity index (χ3v) is 8.23. The van der Waals surface area contributed by atoms with Gasteiger partial charge in [0.25, 0.3) is 0 Å². The first kappa shape index (κ1) is 14.3. The van der Waals surface area contributed by atoms with E-state index >= 15 is 0 Å². The third-order valence-electron chi connectivity index (χ3n) is 7.08. The summed E-state index contributed by atoms with van der Waals surface area (Å²) in [6.45, 7) is 0. The Balaban J connectivity index is 1.66. The van der Waals surface area contributed by atoms with Crippen molar-refractivity contribution in [1.82, 2.24) is 0 Å². The van der Waals surface area contributed by atoms with Crippen molar-refractivity contribution >= 4 is 63.8 Å². The predicted molar refractivity (Wildman–Crippen MR) is 163 cm³/mol. The summed E-state index contributed by atoms with van der Waals surface area (Å²) in [6.07, 6.45) is 0. The first-order valence-corrected chi connectivity index (χ1v) is 12.9. The highest BCUT2D eigenvalue weighted by atomic mass is 32.1. The van der Waals surface area contributed by atoms with E-state index in [1.807, 2.05) is 78.9 Å². The topological polar surface area (TPSA) is 0 Å². The number of hydrogen-bond acceptors (Lipinski definition) is 1. The maximum absolute atomic E-state index is 9.18. The highest BCUT2D eigenvalue weighted by Gasteiger charge is 2.17. The summed E-state index contributed by atoms with van der Waals surface area (Å²) in [5.74, 6) is 0. The molecule has 37 heavy (non-hydrogen) atoms. The molecule has 0 aliphatic heterocycles. The monoisotopic (exact) mass is 494 g/mol. The zero-order chi connectivity index (χ0) is 31.3. The van der Waals surface area contributed by atoms with Gasteiger partial charge in [-0.3, -0.25) is 0 Å². The van der Waals surface area contributed by atoms with Gasteiger partial charge in [-0.2, -0.15) is 0 Å². The van der Waals surface area contributed by atoms with Gasteiger partial charge in [-0.05, 0) is 78.8 Å². The molecule has 8 rings (SSSR count). The maximum atomic E-state index is 9.18. The van der Waals surface area contributed by atoms with Gasteiger partial charge in [-0.1, -0.05) is 109 Å². The van der Waals surface area contributed by atoms with Crippen LogP contribution in [0.1, 0.15) is 11.0 Å². The highest BCUT2D eigenvalue weighted by Crippen LogP contribution is 2.45. The van der Waals surface area contributed by atoms with Crippen LogP contribution >= 0.6 is 11.3 Å². The van der Waals surface area contributed by atoms with Crippen LogP contribution in [-0.2, 0) is 0 Å². The Morgan fingerprint density at radius 2 is 0.973 bits per heavy atom. The smallest absolute Gasteiger partial charge is 0.0629 e. The standard InChI is InChI=1S/C36H22S/c1-2-10-24-21-25(18-17-23(24)9-1)35-28-12-3-5-14-30(28)36(31-15-6-4-13-29(31)35)26-19-20-34-32(22-26)27-11-7-8-16-33(27)37-34/h1-22H/i3D,4D,5D,6D,12D,13D,14D,15D. The highest BCUT2D eigenvalue weighted by molar-refractivity contribution is 7.25. The lowest BCUT2D eigenvalue weighted by atomic mass is 9.85. The largest absolute Gasteiger partial charge is 0.135 e. The second kappa shape index (κ2) is 8.03. The quantitative estimate of drug-likeness (QED) is 0.210. The molecule has 0 fully saturated rings. The summed E-state index contributed by atoms with van der Waals surface area (Å²) < 4.78 is 73.5. The summed E-state index contributed by atoms with van der Waals surface area (Å²) in [5, 5.41) is 4.78. The molecule has 0 bridgehead atoms. The number of benzene rings is 7. The lowest BCUT2D eigenvalue weighted by Crippen LogP contribution is -1.91. The fourth-order valence-electron chi connectivity index (χ4n) is 5.43. The zero-order valence-electron chi connectivity index (χ0n) is 27.5. The summed E-state index contributed by atoms with van der Waals surface area (Å²) in [7, 11) is 0. The molecule has 0 aliphatic rings. The van der Waals surface area contributed by atoms with Gasteiger partial charge in [-0.15, -0.1) is 11.3 Å². The molecule has 0 spiro atoms. The Labute approximate surface area is 230 Å². The van der Waals surface area contributed by atoms with Crippen LogP contribution < -0.4 is 0 Å². The first-order valence-electron chi connectivity index (χ1n) is 16.0. The van der Waals surface area contributed by atoms with Gasteiger partial charge < -0.3 is 0 Å². The van der Waals surface area contributed by atoms with Crippen LogP contribution in [0.15, 0.2) is 133 Å². The van der Waals surface area contributed by atoms with Gasteiger partial charge in [0.2, 0.25) is 0 Å². The van der Waals surface area contributed by atoms with Crippen molar-refractivity contribution in [3.63, 3.8) is 0 Å². The molecule has 0 unspecified atom stereocenters. The normalized spacial score (nSPS) is 14.8. The SMILES string of the molecule is [2H]c1c([2H])c([2H])c2c(-c3ccc4sc5ccccc5c4c3)c3c([2H])c([2H])c([2H])c([2H])c3c(-c3ccc4ccccc4c3)c2c1[2H]. The van der Waals surface area contributed by atoms with Crippen LogP contribution in [-0.4, -0.2) is 0 Å². The van der Waals surface area contributed by atoms with E-state index in [2.05, 4.69) is 6.07 Å². The summed E-state index contributed by atoms with van der Waals surface area (Å²) in [4.78, 5) is 0. The molecule has 0 radical (unpaired) electrons. The molecular formula is C36H22S. The van der Waals surface area contributed by atoms with Gasteiger partial charge in [-0.25, -0.2) is 0 Å². The van der Waals surface area contributed by atoms with E-state index in [4.69, 9.17) is 8.22 Å². The third kappa shape index (κ3) is 3.15. The van der Waals surface area contributed by atoms with Gasteiger partial charge in [0, 0.05) is 20.2 Å². The van der Waals surface area contributed by atoms with Crippen LogP contribution in [0.5, 0.6) is 0 Å². The molecular weight excluding hydrogens is 464 g/mol. The molecule has 0 saturated carbocycles. The minimum Gasteiger partial charge on any atom is -0.135 e. The second-order valence-corrected chi connectivity index (χ2v) is 10.2. The van der Waals surface area contributed by atoms with Gasteiger partial charge in [0.05, 0.1) is 11.0 Å². The van der Waals surface area contributed by atoms with E-state index in [0.29, 0.717) is 22.3 Å². The van der Waals surface area contributed by atoms with Crippen molar-refractivity contribution < 1.29 is 11.0 Å². The van der Waals surface area contributed by atoms with Crippen molar-refractivity contribution in [2.24, 2.45) is 0 Å². The summed E-state index contributed by atoms with van der Waals surface area (Å²) in [5.41, 5.74) is 1.93. The molecule has 0 atom stereocenters. The lowest BCUT2D eigenvalue weighted by Gasteiger charge is -2.18. The molecule has 1 heterocycles. The molecule has 0 aliphatic carbocycles. The van der Waals surface area contributed by atoms with Crippen LogP contribution in [0.2, 0.25) is 0 Å². The van der Waals surface area contributed by atoms with Crippen molar-refractivity contribution in [3.05, 3.63) is 133 Å². The number of thiophene rings is 1. The van der Waals surface area contributed by atoms with Crippen LogP contribution in [0, 0.1) is 0 Å². The predicted octanol–water partition coefficient (Wildman–Crippen LogP) is 10.8. The lowest BCUT2D eigenvalue weighted by molar-refractivity contribution is 1.69. The fraction of sp³-hybridized carbons (Fsp3) is 0. The van der Waals surface area contributed by atoms with E-state index < -0.39 is 24.2 Å². The Kier molecular flexibility index (Phi) is 3.11. The molecule has 0 amide bonds. The number of rotatable bonds is 2. The average molecular weight is 495 g/mol. The number of hydrogen-bond donors (Lipinski definition) is 0. The molecule has 0 saturated heterocycles. The van der Waals surface area contributed by atoms with Crippen LogP contribution in [0.3, 0.4) is 0 Å². The summed E-state index contributed by atoms with van der Waals surface area (Å²) >= 11 is 1.65. The van der Waals surface area contributed by atoms with Crippen molar-refractivity contribution in [2.45, 2.75) is 0 Å². The molecule has 1 aromatic heterocycles. The van der Waals surface area contributed by atoms with Crippen molar-refractivity contribution in [1.29, 1.82) is 0 Å². The zero-order valence-corrected chi connectivity index (χ0v) is 20.3. The van der Waals surface area contributed by atoms with E-state index in [0.717, 1.165) is 30.9 Å². The van der Waals surface area contributed by atoms with Gasteiger partial charge in [0.1, 0.15) is 0 Å². The molecule has 172 valence electrons. The van der Waals surface area contributed by atoms with E-state index in [1.54, 1.807) is 11.3 Å². The van der Waals surface area contributed by atoms with Gasteiger partial charge >= 0.3 is 0 Å². The molecule has 0 N–H and O–H groups in total. The Morgan fingerprint density at radius 1 is 0.432 bits per heavy atom. The molecule has 7 aromatic carbocycles.